The number of halogens is 1. The zero-order chi connectivity index (χ0) is 8.27. The molecule has 1 unspecified atom stereocenters. The van der Waals surface area contributed by atoms with Crippen LogP contribution in [0.3, 0.4) is 0 Å². The first-order chi connectivity index (χ1) is 5.20. The third-order valence-corrected chi connectivity index (χ3v) is 1.64. The van der Waals surface area contributed by atoms with Gasteiger partial charge in [0, 0.05) is 17.5 Å². The molecule has 0 aliphatic rings. The highest BCUT2D eigenvalue weighted by molar-refractivity contribution is 7.80. The molecule has 1 atom stereocenters. The van der Waals surface area contributed by atoms with Crippen LogP contribution in [0.4, 0.5) is 5.69 Å². The van der Waals surface area contributed by atoms with E-state index in [-0.39, 0.29) is 10.8 Å². The Balaban J connectivity index is 2.86. The van der Waals surface area contributed by atoms with Crippen LogP contribution in [0.15, 0.2) is 18.3 Å². The summed E-state index contributed by atoms with van der Waals surface area (Å²) in [6.07, 6.45) is 1.47. The second-order valence-corrected chi connectivity index (χ2v) is 2.71. The molecule has 0 aromatic carbocycles. The van der Waals surface area contributed by atoms with Gasteiger partial charge < -0.3 is 9.27 Å². The SMILES string of the molecule is O=S([O-])Nc1cccnc1Cl. The summed E-state index contributed by atoms with van der Waals surface area (Å²) in [5.41, 5.74) is 0.280. The molecule has 0 radical (unpaired) electrons. The van der Waals surface area contributed by atoms with E-state index in [0.29, 0.717) is 0 Å². The lowest BCUT2D eigenvalue weighted by atomic mass is 10.4. The van der Waals surface area contributed by atoms with Crippen LogP contribution in [0.5, 0.6) is 0 Å². The van der Waals surface area contributed by atoms with Crippen molar-refractivity contribution in [1.29, 1.82) is 0 Å². The number of nitrogens with one attached hydrogen (secondary N) is 1. The molecular weight excluding hydrogens is 188 g/mol. The Bertz CT molecular complexity index is 281. The monoisotopic (exact) mass is 191 g/mol. The zero-order valence-corrected chi connectivity index (χ0v) is 6.85. The molecule has 11 heavy (non-hydrogen) atoms. The number of nitrogens with zero attached hydrogens (tertiary/aromatic N) is 1. The van der Waals surface area contributed by atoms with Crippen LogP contribution in [0.25, 0.3) is 0 Å². The molecule has 60 valence electrons. The molecule has 1 N–H and O–H groups in total. The van der Waals surface area contributed by atoms with Gasteiger partial charge in [0.2, 0.25) is 0 Å². The fourth-order valence-corrected chi connectivity index (χ4v) is 1.12. The Morgan fingerprint density at radius 3 is 3.00 bits per heavy atom. The van der Waals surface area contributed by atoms with Crippen molar-refractivity contribution in [2.45, 2.75) is 0 Å². The standard InChI is InChI=1S/C5H5ClN2O2S/c6-5-4(8-11(9)10)2-1-3-7-5/h1-3,8H,(H,9,10)/p-1. The number of anilines is 1. The molecule has 6 heteroatoms. The van der Waals surface area contributed by atoms with Crippen LogP contribution in [0.1, 0.15) is 0 Å². The fraction of sp³-hybridized carbons (Fsp3) is 0. The molecule has 1 aromatic heterocycles. The normalized spacial score (nSPS) is 12.5. The van der Waals surface area contributed by atoms with E-state index < -0.39 is 11.3 Å². The number of rotatable bonds is 2. The van der Waals surface area contributed by atoms with E-state index >= 15 is 0 Å². The van der Waals surface area contributed by atoms with Crippen LogP contribution in [0, 0.1) is 0 Å². The molecule has 1 rings (SSSR count). The van der Waals surface area contributed by atoms with Crippen molar-refractivity contribution >= 4 is 28.6 Å². The van der Waals surface area contributed by atoms with Gasteiger partial charge in [-0.3, -0.25) is 4.21 Å². The fourth-order valence-electron chi connectivity index (χ4n) is 0.552. The van der Waals surface area contributed by atoms with Gasteiger partial charge in [-0.2, -0.15) is 0 Å². The minimum absolute atomic E-state index is 0.136. The maximum atomic E-state index is 10.1. The summed E-state index contributed by atoms with van der Waals surface area (Å²) >= 11 is 3.17. The lowest BCUT2D eigenvalue weighted by Crippen LogP contribution is -2.02. The van der Waals surface area contributed by atoms with Crippen LogP contribution in [-0.2, 0) is 11.3 Å². The average molecular weight is 192 g/mol. The van der Waals surface area contributed by atoms with Gasteiger partial charge in [0.05, 0.1) is 5.69 Å². The first-order valence-electron chi connectivity index (χ1n) is 2.66. The maximum absolute atomic E-state index is 10.1. The molecule has 0 bridgehead atoms. The first kappa shape index (κ1) is 8.45. The van der Waals surface area contributed by atoms with Crippen LogP contribution in [-0.4, -0.2) is 13.7 Å². The maximum Gasteiger partial charge on any atom is 0.152 e. The van der Waals surface area contributed by atoms with E-state index in [4.69, 9.17) is 11.6 Å². The molecule has 0 aliphatic carbocycles. The van der Waals surface area contributed by atoms with Crippen molar-refractivity contribution in [3.63, 3.8) is 0 Å². The molecular formula is C5H4ClN2O2S-. The highest BCUT2D eigenvalue weighted by Crippen LogP contribution is 2.17. The molecule has 0 fully saturated rings. The minimum atomic E-state index is -2.35. The molecule has 0 spiro atoms. The third-order valence-electron chi connectivity index (χ3n) is 0.952. The first-order valence-corrected chi connectivity index (χ1v) is 4.12. The molecule has 1 aromatic rings. The highest BCUT2D eigenvalue weighted by atomic mass is 35.5. The van der Waals surface area contributed by atoms with Crippen molar-refractivity contribution in [2.75, 3.05) is 4.72 Å². The second-order valence-electron chi connectivity index (χ2n) is 1.68. The Morgan fingerprint density at radius 1 is 1.73 bits per heavy atom. The minimum Gasteiger partial charge on any atom is -0.755 e. The van der Waals surface area contributed by atoms with Crippen molar-refractivity contribution in [2.24, 2.45) is 0 Å². The van der Waals surface area contributed by atoms with Gasteiger partial charge in [-0.05, 0) is 12.1 Å². The van der Waals surface area contributed by atoms with Crippen LogP contribution < -0.4 is 4.72 Å². The Hall–Kier alpha value is -0.650. The van der Waals surface area contributed by atoms with Gasteiger partial charge in [-0.15, -0.1) is 0 Å². The van der Waals surface area contributed by atoms with Gasteiger partial charge in [0.1, 0.15) is 0 Å². The van der Waals surface area contributed by atoms with Gasteiger partial charge >= 0.3 is 0 Å². The Labute approximate surface area is 71.0 Å². The summed E-state index contributed by atoms with van der Waals surface area (Å²) < 4.78 is 22.3. The number of hydrogen-bond donors (Lipinski definition) is 1. The molecule has 0 aliphatic heterocycles. The Kier molecular flexibility index (Phi) is 2.81. The van der Waals surface area contributed by atoms with E-state index in [9.17, 15) is 8.76 Å². The quantitative estimate of drug-likeness (QED) is 0.559. The molecule has 0 amide bonds. The predicted molar refractivity (Wildman–Crippen MR) is 41.8 cm³/mol. The summed E-state index contributed by atoms with van der Waals surface area (Å²) in [5.74, 6) is 0. The zero-order valence-electron chi connectivity index (χ0n) is 5.28. The summed E-state index contributed by atoms with van der Waals surface area (Å²) in [6.45, 7) is 0. The summed E-state index contributed by atoms with van der Waals surface area (Å²) in [6, 6.07) is 3.10. The van der Waals surface area contributed by atoms with Gasteiger partial charge in [0.25, 0.3) is 0 Å². The van der Waals surface area contributed by atoms with Crippen LogP contribution in [0.2, 0.25) is 5.15 Å². The van der Waals surface area contributed by atoms with E-state index in [1.54, 1.807) is 6.07 Å². The number of hydrogen-bond acceptors (Lipinski definition) is 3. The van der Waals surface area contributed by atoms with E-state index in [2.05, 4.69) is 9.71 Å². The second kappa shape index (κ2) is 3.66. The molecule has 1 heterocycles. The highest BCUT2D eigenvalue weighted by Gasteiger charge is 1.96. The average Bonchev–Trinajstić information content (AvgIpc) is 1.93. The van der Waals surface area contributed by atoms with E-state index in [1.807, 2.05) is 0 Å². The van der Waals surface area contributed by atoms with E-state index in [0.717, 1.165) is 0 Å². The van der Waals surface area contributed by atoms with Crippen molar-refractivity contribution in [3.05, 3.63) is 23.5 Å². The predicted octanol–water partition coefficient (Wildman–Crippen LogP) is 0.941. The van der Waals surface area contributed by atoms with Crippen LogP contribution >= 0.6 is 11.6 Å². The Morgan fingerprint density at radius 2 is 2.45 bits per heavy atom. The van der Waals surface area contributed by atoms with Crippen molar-refractivity contribution in [1.82, 2.24) is 4.98 Å². The molecule has 4 nitrogen and oxygen atoms in total. The van der Waals surface area contributed by atoms with Crippen molar-refractivity contribution in [3.8, 4) is 0 Å². The number of pyridine rings is 1. The van der Waals surface area contributed by atoms with Gasteiger partial charge in [-0.1, -0.05) is 11.6 Å². The largest absolute Gasteiger partial charge is 0.755 e. The lowest BCUT2D eigenvalue weighted by Gasteiger charge is -2.08. The summed E-state index contributed by atoms with van der Waals surface area (Å²) in [4.78, 5) is 3.66. The molecule has 0 saturated heterocycles. The van der Waals surface area contributed by atoms with Gasteiger partial charge in [0.15, 0.2) is 5.15 Å². The number of aromatic nitrogens is 1. The smallest absolute Gasteiger partial charge is 0.152 e. The third kappa shape index (κ3) is 2.45. The topological polar surface area (TPSA) is 65.0 Å². The van der Waals surface area contributed by atoms with Crippen molar-refractivity contribution < 1.29 is 8.76 Å². The van der Waals surface area contributed by atoms with E-state index in [1.165, 1.54) is 12.3 Å². The van der Waals surface area contributed by atoms with Gasteiger partial charge in [-0.25, -0.2) is 4.98 Å². The molecule has 0 saturated carbocycles. The summed E-state index contributed by atoms with van der Waals surface area (Å²) in [7, 11) is 0. The lowest BCUT2D eigenvalue weighted by molar-refractivity contribution is 0.542. The summed E-state index contributed by atoms with van der Waals surface area (Å²) in [5, 5.41) is 0.136.